The lowest BCUT2D eigenvalue weighted by Crippen LogP contribution is -2.25. The highest BCUT2D eigenvalue weighted by Gasteiger charge is 2.26. The van der Waals surface area contributed by atoms with Gasteiger partial charge in [0.05, 0.1) is 4.92 Å². The zero-order chi connectivity index (χ0) is 15.0. The Labute approximate surface area is 131 Å². The van der Waals surface area contributed by atoms with Crippen molar-refractivity contribution in [1.29, 1.82) is 0 Å². The second-order valence-corrected chi connectivity index (χ2v) is 6.56. The number of nitrogens with zero attached hydrogens (tertiary/aromatic N) is 1. The van der Waals surface area contributed by atoms with Crippen molar-refractivity contribution in [3.8, 4) is 0 Å². The fourth-order valence-corrected chi connectivity index (χ4v) is 4.21. The van der Waals surface area contributed by atoms with Gasteiger partial charge in [0.25, 0.3) is 5.69 Å². The summed E-state index contributed by atoms with van der Waals surface area (Å²) in [6, 6.07) is 6.82. The van der Waals surface area contributed by atoms with E-state index in [0.29, 0.717) is 0 Å². The number of hydrogen-bond donors (Lipinski definition) is 1. The van der Waals surface area contributed by atoms with Crippen molar-refractivity contribution in [3.05, 3.63) is 34.4 Å². The molecule has 0 saturated carbocycles. The van der Waals surface area contributed by atoms with Crippen LogP contribution in [0.25, 0.3) is 0 Å². The van der Waals surface area contributed by atoms with Crippen molar-refractivity contribution < 1.29 is 4.92 Å². The largest absolute Gasteiger partial charge is 0.269 e. The normalized spacial score (nSPS) is 11.6. The van der Waals surface area contributed by atoms with Crippen LogP contribution in [0.3, 0.4) is 0 Å². The molecule has 0 aliphatic rings. The van der Waals surface area contributed by atoms with Gasteiger partial charge in [-0.2, -0.15) is 12.6 Å². The zero-order valence-corrected chi connectivity index (χ0v) is 13.9. The van der Waals surface area contributed by atoms with Crippen LogP contribution in [0, 0.1) is 15.5 Å². The van der Waals surface area contributed by atoms with Gasteiger partial charge >= 0.3 is 0 Å². The summed E-state index contributed by atoms with van der Waals surface area (Å²) < 4.78 is 0. The molecular formula is C15H23NO2S2. The van der Waals surface area contributed by atoms with E-state index >= 15 is 0 Å². The maximum Gasteiger partial charge on any atom is 0.269 e. The molecule has 0 atom stereocenters. The summed E-state index contributed by atoms with van der Waals surface area (Å²) in [6.45, 7) is 4.43. The van der Waals surface area contributed by atoms with E-state index in [9.17, 15) is 10.1 Å². The van der Waals surface area contributed by atoms with E-state index < -0.39 is 0 Å². The summed E-state index contributed by atoms with van der Waals surface area (Å²) in [7, 11) is 0. The molecular weight excluding hydrogens is 290 g/mol. The van der Waals surface area contributed by atoms with Crippen LogP contribution in [0.4, 0.5) is 5.69 Å². The van der Waals surface area contributed by atoms with Crippen LogP contribution >= 0.6 is 24.4 Å². The summed E-state index contributed by atoms with van der Waals surface area (Å²) in [6.07, 6.45) is 4.71. The standard InChI is InChI=1S/C15H23NO2S2/c1-3-9-15(11-19,10-4-2)12-20-14-7-5-13(6-8-14)16(17)18/h5-8,19H,3-4,9-12H2,1-2H3. The van der Waals surface area contributed by atoms with Crippen molar-refractivity contribution >= 4 is 30.1 Å². The van der Waals surface area contributed by atoms with E-state index in [-0.39, 0.29) is 16.0 Å². The summed E-state index contributed by atoms with van der Waals surface area (Å²) >= 11 is 6.34. The van der Waals surface area contributed by atoms with Gasteiger partial charge in [0.2, 0.25) is 0 Å². The Bertz CT molecular complexity index is 414. The number of non-ortho nitro benzene ring substituents is 1. The monoisotopic (exact) mass is 313 g/mol. The maximum absolute atomic E-state index is 10.6. The first-order chi connectivity index (χ1) is 9.56. The van der Waals surface area contributed by atoms with Gasteiger partial charge in [-0.25, -0.2) is 0 Å². The Morgan fingerprint density at radius 3 is 2.15 bits per heavy atom. The summed E-state index contributed by atoms with van der Waals surface area (Å²) in [5, 5.41) is 10.6. The van der Waals surface area contributed by atoms with Crippen molar-refractivity contribution in [1.82, 2.24) is 0 Å². The fourth-order valence-electron chi connectivity index (χ4n) is 2.43. The lowest BCUT2D eigenvalue weighted by atomic mass is 9.83. The third-order valence-corrected chi connectivity index (χ3v) is 5.52. The first-order valence-corrected chi connectivity index (χ1v) is 8.67. The quantitative estimate of drug-likeness (QED) is 0.295. The molecule has 1 aromatic carbocycles. The lowest BCUT2D eigenvalue weighted by molar-refractivity contribution is -0.384. The molecule has 0 N–H and O–H groups in total. The number of thiol groups is 1. The number of thioether (sulfide) groups is 1. The molecule has 0 unspecified atom stereocenters. The van der Waals surface area contributed by atoms with Gasteiger partial charge in [0.1, 0.15) is 0 Å². The maximum atomic E-state index is 10.6. The number of benzene rings is 1. The smallest absolute Gasteiger partial charge is 0.258 e. The van der Waals surface area contributed by atoms with Gasteiger partial charge in [-0.3, -0.25) is 10.1 Å². The Morgan fingerprint density at radius 1 is 1.20 bits per heavy atom. The molecule has 3 nitrogen and oxygen atoms in total. The van der Waals surface area contributed by atoms with Crippen molar-refractivity contribution in [2.24, 2.45) is 5.41 Å². The molecule has 112 valence electrons. The third-order valence-electron chi connectivity index (χ3n) is 3.49. The minimum atomic E-state index is -0.360. The van der Waals surface area contributed by atoms with E-state index in [4.69, 9.17) is 0 Å². The highest BCUT2D eigenvalue weighted by Crippen LogP contribution is 2.37. The molecule has 0 saturated heterocycles. The second kappa shape index (κ2) is 8.57. The average molecular weight is 313 g/mol. The molecule has 0 aromatic heterocycles. The number of rotatable bonds is 9. The van der Waals surface area contributed by atoms with E-state index in [1.54, 1.807) is 23.9 Å². The fraction of sp³-hybridized carbons (Fsp3) is 0.600. The molecule has 20 heavy (non-hydrogen) atoms. The Balaban J connectivity index is 2.68. The molecule has 0 radical (unpaired) electrons. The Kier molecular flexibility index (Phi) is 7.45. The van der Waals surface area contributed by atoms with Crippen molar-refractivity contribution in [3.63, 3.8) is 0 Å². The van der Waals surface area contributed by atoms with Crippen LogP contribution in [0.5, 0.6) is 0 Å². The zero-order valence-electron chi connectivity index (χ0n) is 12.2. The van der Waals surface area contributed by atoms with E-state index in [0.717, 1.165) is 16.4 Å². The SMILES string of the molecule is CCCC(CS)(CCC)CSc1ccc([N+](=O)[O-])cc1. The van der Waals surface area contributed by atoms with Gasteiger partial charge in [0.15, 0.2) is 0 Å². The Hall–Kier alpha value is -0.680. The summed E-state index contributed by atoms with van der Waals surface area (Å²) in [4.78, 5) is 11.4. The van der Waals surface area contributed by atoms with Crippen molar-refractivity contribution in [2.45, 2.75) is 44.4 Å². The predicted molar refractivity (Wildman–Crippen MR) is 89.9 cm³/mol. The number of hydrogen-bond acceptors (Lipinski definition) is 4. The van der Waals surface area contributed by atoms with Crippen LogP contribution in [0.1, 0.15) is 39.5 Å². The van der Waals surface area contributed by atoms with Crippen LogP contribution in [-0.4, -0.2) is 16.4 Å². The first kappa shape index (κ1) is 17.4. The summed E-state index contributed by atoms with van der Waals surface area (Å²) in [5.74, 6) is 1.92. The van der Waals surface area contributed by atoms with E-state index in [2.05, 4.69) is 26.5 Å². The van der Waals surface area contributed by atoms with Crippen LogP contribution < -0.4 is 0 Å². The number of nitro benzene ring substituents is 1. The number of nitro groups is 1. The second-order valence-electron chi connectivity index (χ2n) is 5.20. The molecule has 0 heterocycles. The lowest BCUT2D eigenvalue weighted by Gasteiger charge is -2.31. The van der Waals surface area contributed by atoms with E-state index in [1.165, 1.54) is 25.7 Å². The third kappa shape index (κ3) is 5.02. The molecule has 0 fully saturated rings. The first-order valence-electron chi connectivity index (χ1n) is 7.05. The summed E-state index contributed by atoms with van der Waals surface area (Å²) in [5.41, 5.74) is 0.427. The highest BCUT2D eigenvalue weighted by molar-refractivity contribution is 7.99. The van der Waals surface area contributed by atoms with Crippen LogP contribution in [-0.2, 0) is 0 Å². The highest BCUT2D eigenvalue weighted by atomic mass is 32.2. The van der Waals surface area contributed by atoms with Gasteiger partial charge < -0.3 is 0 Å². The molecule has 0 amide bonds. The Morgan fingerprint density at radius 2 is 1.75 bits per heavy atom. The van der Waals surface area contributed by atoms with Crippen LogP contribution in [0.2, 0.25) is 0 Å². The molecule has 1 aromatic rings. The van der Waals surface area contributed by atoms with Gasteiger partial charge in [-0.1, -0.05) is 26.7 Å². The molecule has 1 rings (SSSR count). The molecule has 5 heteroatoms. The topological polar surface area (TPSA) is 43.1 Å². The minimum Gasteiger partial charge on any atom is -0.258 e. The van der Waals surface area contributed by atoms with E-state index in [1.807, 2.05) is 12.1 Å². The van der Waals surface area contributed by atoms with Gasteiger partial charge in [-0.05, 0) is 36.1 Å². The van der Waals surface area contributed by atoms with Gasteiger partial charge in [0, 0.05) is 22.8 Å². The predicted octanol–water partition coefficient (Wildman–Crippen LogP) is 5.20. The van der Waals surface area contributed by atoms with Crippen LogP contribution in [0.15, 0.2) is 29.2 Å². The van der Waals surface area contributed by atoms with Crippen molar-refractivity contribution in [2.75, 3.05) is 11.5 Å². The van der Waals surface area contributed by atoms with Gasteiger partial charge in [-0.15, -0.1) is 11.8 Å². The molecule has 0 aliphatic heterocycles. The average Bonchev–Trinajstić information content (AvgIpc) is 2.45. The molecule has 0 bridgehead atoms. The minimum absolute atomic E-state index is 0.150. The molecule has 0 spiro atoms. The molecule has 0 aliphatic carbocycles.